The first kappa shape index (κ1) is 18.2. The van der Waals surface area contributed by atoms with Crippen LogP contribution < -0.4 is 5.32 Å². The molecule has 0 unspecified atom stereocenters. The van der Waals surface area contributed by atoms with Crippen LogP contribution in [0.1, 0.15) is 27.2 Å². The van der Waals surface area contributed by atoms with E-state index in [0.29, 0.717) is 5.69 Å². The molecular weight excluding hydrogens is 326 g/mol. The number of rotatable bonds is 5. The third kappa shape index (κ3) is 4.23. The summed E-state index contributed by atoms with van der Waals surface area (Å²) < 4.78 is 4.86. The molecule has 1 N–H and O–H groups in total. The number of likely N-dealkylation sites (N-methyl/N-ethyl adjacent to an activating group) is 1. The number of nitrogens with zero attached hydrogens (tertiary/aromatic N) is 2. The van der Waals surface area contributed by atoms with Crippen molar-refractivity contribution in [3.63, 3.8) is 0 Å². The first-order chi connectivity index (χ1) is 11.7. The number of furan rings is 1. The predicted molar refractivity (Wildman–Crippen MR) is 91.6 cm³/mol. The van der Waals surface area contributed by atoms with Gasteiger partial charge in [0.25, 0.3) is 5.91 Å². The second kappa shape index (κ2) is 7.16. The van der Waals surface area contributed by atoms with Gasteiger partial charge in [0.15, 0.2) is 5.76 Å². The summed E-state index contributed by atoms with van der Waals surface area (Å²) in [5, 5.41) is 13.4. The van der Waals surface area contributed by atoms with E-state index in [9.17, 15) is 19.7 Å². The zero-order chi connectivity index (χ0) is 18.7. The van der Waals surface area contributed by atoms with Crippen LogP contribution in [0.15, 0.2) is 28.7 Å². The Morgan fingerprint density at radius 2 is 1.80 bits per heavy atom. The molecule has 0 spiro atoms. The van der Waals surface area contributed by atoms with Crippen LogP contribution in [-0.2, 0) is 4.79 Å². The maximum atomic E-state index is 12.2. The fourth-order valence-electron chi connectivity index (χ4n) is 2.57. The molecule has 2 amide bonds. The van der Waals surface area contributed by atoms with Crippen LogP contribution in [0.2, 0.25) is 0 Å². The van der Waals surface area contributed by atoms with Gasteiger partial charge in [0.05, 0.1) is 12.6 Å². The number of carbonyl (C=O) groups is 2. The Balaban J connectivity index is 2.04. The van der Waals surface area contributed by atoms with E-state index in [-0.39, 0.29) is 18.2 Å². The van der Waals surface area contributed by atoms with E-state index in [1.54, 1.807) is 0 Å². The topological polar surface area (TPSA) is 106 Å². The van der Waals surface area contributed by atoms with Gasteiger partial charge in [-0.05, 0) is 38.0 Å². The van der Waals surface area contributed by atoms with Gasteiger partial charge in [-0.15, -0.1) is 0 Å². The molecule has 1 aromatic carbocycles. The lowest BCUT2D eigenvalue weighted by Gasteiger charge is -2.17. The molecule has 0 saturated heterocycles. The molecule has 0 radical (unpaired) electrons. The number of anilines is 1. The second-order valence-electron chi connectivity index (χ2n) is 5.88. The molecule has 0 aliphatic heterocycles. The van der Waals surface area contributed by atoms with E-state index in [0.717, 1.165) is 27.7 Å². The number of aryl methyl sites for hydroxylation is 3. The number of nitrogens with one attached hydrogen (secondary N) is 1. The fourth-order valence-corrected chi connectivity index (χ4v) is 2.57. The summed E-state index contributed by atoms with van der Waals surface area (Å²) in [4.78, 5) is 35.4. The van der Waals surface area contributed by atoms with Gasteiger partial charge in [-0.3, -0.25) is 19.7 Å². The predicted octanol–water partition coefficient (Wildman–Crippen LogP) is 2.82. The van der Waals surface area contributed by atoms with E-state index in [2.05, 4.69) is 5.32 Å². The Morgan fingerprint density at radius 1 is 1.20 bits per heavy atom. The molecule has 0 saturated carbocycles. The molecule has 1 aromatic heterocycles. The van der Waals surface area contributed by atoms with Gasteiger partial charge in [0.2, 0.25) is 5.91 Å². The zero-order valence-corrected chi connectivity index (χ0v) is 14.5. The summed E-state index contributed by atoms with van der Waals surface area (Å²) in [7, 11) is 1.42. The van der Waals surface area contributed by atoms with Crippen molar-refractivity contribution in [2.75, 3.05) is 18.9 Å². The summed E-state index contributed by atoms with van der Waals surface area (Å²) >= 11 is 0. The average molecular weight is 345 g/mol. The lowest BCUT2D eigenvalue weighted by atomic mass is 10.1. The van der Waals surface area contributed by atoms with Gasteiger partial charge in [0.1, 0.15) is 4.92 Å². The van der Waals surface area contributed by atoms with Crippen molar-refractivity contribution in [1.82, 2.24) is 4.90 Å². The first-order valence-corrected chi connectivity index (χ1v) is 7.56. The number of carbonyl (C=O) groups excluding carboxylic acids is 2. The highest BCUT2D eigenvalue weighted by atomic mass is 16.6. The highest BCUT2D eigenvalue weighted by molar-refractivity contribution is 5.98. The molecule has 0 aliphatic carbocycles. The Morgan fingerprint density at radius 3 is 2.32 bits per heavy atom. The molecule has 0 bridgehead atoms. The normalized spacial score (nSPS) is 10.4. The number of benzene rings is 1. The molecule has 1 heterocycles. The summed E-state index contributed by atoms with van der Waals surface area (Å²) in [6.45, 7) is 5.56. The van der Waals surface area contributed by atoms with Crippen molar-refractivity contribution in [1.29, 1.82) is 0 Å². The molecule has 0 fully saturated rings. The standard InChI is InChI=1S/C17H19N3O5/c1-10-7-11(2)16(12(3)8-10)18-14(21)9-19(4)17(22)13-5-6-15(25-13)20(23)24/h5-8H,9H2,1-4H3,(H,18,21). The van der Waals surface area contributed by atoms with Gasteiger partial charge >= 0.3 is 5.88 Å². The lowest BCUT2D eigenvalue weighted by molar-refractivity contribution is -0.402. The van der Waals surface area contributed by atoms with Crippen LogP contribution >= 0.6 is 0 Å². The average Bonchev–Trinajstić information content (AvgIpc) is 3.00. The number of hydrogen-bond donors (Lipinski definition) is 1. The van der Waals surface area contributed by atoms with Gasteiger partial charge < -0.3 is 14.6 Å². The van der Waals surface area contributed by atoms with Crippen molar-refractivity contribution < 1.29 is 18.9 Å². The summed E-state index contributed by atoms with van der Waals surface area (Å²) in [6.07, 6.45) is 0. The Labute approximate surface area is 144 Å². The molecule has 0 atom stereocenters. The minimum Gasteiger partial charge on any atom is -0.395 e. The largest absolute Gasteiger partial charge is 0.433 e. The monoisotopic (exact) mass is 345 g/mol. The van der Waals surface area contributed by atoms with Crippen molar-refractivity contribution in [3.05, 3.63) is 56.8 Å². The minimum atomic E-state index is -0.730. The number of amides is 2. The molecule has 132 valence electrons. The maximum absolute atomic E-state index is 12.2. The van der Waals surface area contributed by atoms with E-state index in [1.807, 2.05) is 32.9 Å². The molecule has 2 rings (SSSR count). The Hall–Kier alpha value is -3.16. The molecule has 25 heavy (non-hydrogen) atoms. The summed E-state index contributed by atoms with van der Waals surface area (Å²) in [5.41, 5.74) is 3.67. The van der Waals surface area contributed by atoms with Crippen LogP contribution in [-0.4, -0.2) is 35.2 Å². The Kier molecular flexibility index (Phi) is 5.21. The smallest absolute Gasteiger partial charge is 0.395 e. The molecule has 8 heteroatoms. The summed E-state index contributed by atoms with van der Waals surface area (Å²) in [5.74, 6) is -1.69. The molecular formula is C17H19N3O5. The quantitative estimate of drug-likeness (QED) is 0.662. The van der Waals surface area contributed by atoms with E-state index >= 15 is 0 Å². The van der Waals surface area contributed by atoms with Crippen LogP contribution in [0.4, 0.5) is 11.6 Å². The van der Waals surface area contributed by atoms with Crippen molar-refractivity contribution in [2.45, 2.75) is 20.8 Å². The fraction of sp³-hybridized carbons (Fsp3) is 0.294. The van der Waals surface area contributed by atoms with E-state index in [1.165, 1.54) is 13.1 Å². The highest BCUT2D eigenvalue weighted by Crippen LogP contribution is 2.22. The first-order valence-electron chi connectivity index (χ1n) is 7.56. The van der Waals surface area contributed by atoms with Crippen molar-refractivity contribution in [3.8, 4) is 0 Å². The SMILES string of the molecule is Cc1cc(C)c(NC(=O)CN(C)C(=O)c2ccc([N+](=O)[O-])o2)c(C)c1. The lowest BCUT2D eigenvalue weighted by Crippen LogP contribution is -2.35. The third-order valence-corrected chi connectivity index (χ3v) is 3.65. The van der Waals surface area contributed by atoms with Crippen LogP contribution in [0.25, 0.3) is 0 Å². The maximum Gasteiger partial charge on any atom is 0.433 e. The zero-order valence-electron chi connectivity index (χ0n) is 14.5. The van der Waals surface area contributed by atoms with Gasteiger partial charge in [0, 0.05) is 12.7 Å². The van der Waals surface area contributed by atoms with Crippen LogP contribution in [0.3, 0.4) is 0 Å². The summed E-state index contributed by atoms with van der Waals surface area (Å²) in [6, 6.07) is 6.22. The molecule has 2 aromatic rings. The Bertz CT molecular complexity index is 818. The van der Waals surface area contributed by atoms with Crippen LogP contribution in [0, 0.1) is 30.9 Å². The number of nitro groups is 1. The van der Waals surface area contributed by atoms with E-state index < -0.39 is 16.7 Å². The minimum absolute atomic E-state index is 0.190. The van der Waals surface area contributed by atoms with Crippen molar-refractivity contribution in [2.24, 2.45) is 0 Å². The van der Waals surface area contributed by atoms with Gasteiger partial charge in [-0.1, -0.05) is 17.7 Å². The second-order valence-corrected chi connectivity index (χ2v) is 5.88. The van der Waals surface area contributed by atoms with E-state index in [4.69, 9.17) is 4.42 Å². The van der Waals surface area contributed by atoms with Gasteiger partial charge in [-0.2, -0.15) is 0 Å². The highest BCUT2D eigenvalue weighted by Gasteiger charge is 2.22. The van der Waals surface area contributed by atoms with Crippen molar-refractivity contribution >= 4 is 23.4 Å². The van der Waals surface area contributed by atoms with Crippen LogP contribution in [0.5, 0.6) is 0 Å². The number of hydrogen-bond acceptors (Lipinski definition) is 5. The molecule has 8 nitrogen and oxygen atoms in total. The van der Waals surface area contributed by atoms with Gasteiger partial charge in [-0.25, -0.2) is 0 Å². The molecule has 0 aliphatic rings. The third-order valence-electron chi connectivity index (χ3n) is 3.65.